The maximum atomic E-state index is 13.0. The molecule has 0 aliphatic heterocycles. The predicted molar refractivity (Wildman–Crippen MR) is 60.3 cm³/mol. The summed E-state index contributed by atoms with van der Waals surface area (Å²) in [6.07, 6.45) is 2.66. The first-order valence-corrected chi connectivity index (χ1v) is 5.01. The molecule has 0 aliphatic carbocycles. The van der Waals surface area contributed by atoms with Gasteiger partial charge in [-0.3, -0.25) is 0 Å². The molecular formula is C12H15F2NO. The fraction of sp³-hybridized carbons (Fsp3) is 0.333. The summed E-state index contributed by atoms with van der Waals surface area (Å²) < 4.78 is 31.1. The van der Waals surface area contributed by atoms with Crippen LogP contribution in [-0.4, -0.2) is 6.61 Å². The molecule has 88 valence electrons. The smallest absolute Gasteiger partial charge is 0.152 e. The van der Waals surface area contributed by atoms with E-state index in [0.29, 0.717) is 13.0 Å². The van der Waals surface area contributed by atoms with E-state index in [4.69, 9.17) is 10.5 Å². The number of halogens is 2. The second-order valence-electron chi connectivity index (χ2n) is 3.72. The van der Waals surface area contributed by atoms with Crippen molar-refractivity contribution < 1.29 is 13.5 Å². The quantitative estimate of drug-likeness (QED) is 0.486. The number of rotatable bonds is 4. The van der Waals surface area contributed by atoms with Crippen LogP contribution in [0.25, 0.3) is 0 Å². The van der Waals surface area contributed by atoms with Crippen LogP contribution in [0, 0.1) is 11.6 Å². The summed E-state index contributed by atoms with van der Waals surface area (Å²) in [5, 5.41) is 0. The first kappa shape index (κ1) is 12.5. The molecule has 0 radical (unpaired) electrons. The van der Waals surface area contributed by atoms with Crippen LogP contribution >= 0.6 is 0 Å². The molecule has 2 N–H and O–H groups in total. The molecule has 0 saturated carbocycles. The Labute approximate surface area is 93.7 Å². The Hall–Kier alpha value is -1.58. The lowest BCUT2D eigenvalue weighted by Crippen LogP contribution is -2.02. The van der Waals surface area contributed by atoms with Crippen molar-refractivity contribution in [2.45, 2.75) is 20.3 Å². The van der Waals surface area contributed by atoms with Crippen molar-refractivity contribution in [3.05, 3.63) is 35.4 Å². The van der Waals surface area contributed by atoms with E-state index >= 15 is 0 Å². The van der Waals surface area contributed by atoms with Gasteiger partial charge in [-0.25, -0.2) is 8.78 Å². The Morgan fingerprint density at radius 3 is 2.69 bits per heavy atom. The zero-order chi connectivity index (χ0) is 12.1. The standard InChI is InChI=1S/C12H15F2NO/c1-8(2)4-3-5-16-11-7-9(13)6-10(14)12(11)15/h4,6-7H,3,5,15H2,1-2H3. The van der Waals surface area contributed by atoms with E-state index in [2.05, 4.69) is 0 Å². The highest BCUT2D eigenvalue weighted by atomic mass is 19.1. The number of nitrogens with two attached hydrogens (primary N) is 1. The molecule has 1 rings (SSSR count). The van der Waals surface area contributed by atoms with E-state index in [1.807, 2.05) is 19.9 Å². The van der Waals surface area contributed by atoms with Crippen LogP contribution in [0.4, 0.5) is 14.5 Å². The van der Waals surface area contributed by atoms with Crippen LogP contribution in [0.15, 0.2) is 23.8 Å². The minimum Gasteiger partial charge on any atom is -0.491 e. The third-order valence-corrected chi connectivity index (χ3v) is 1.98. The van der Waals surface area contributed by atoms with Gasteiger partial charge in [-0.2, -0.15) is 0 Å². The van der Waals surface area contributed by atoms with Crippen molar-refractivity contribution in [1.29, 1.82) is 0 Å². The van der Waals surface area contributed by atoms with Gasteiger partial charge in [0.2, 0.25) is 0 Å². The Balaban J connectivity index is 2.64. The van der Waals surface area contributed by atoms with Gasteiger partial charge in [0, 0.05) is 12.1 Å². The second-order valence-corrected chi connectivity index (χ2v) is 3.72. The lowest BCUT2D eigenvalue weighted by atomic mass is 10.2. The van der Waals surface area contributed by atoms with Gasteiger partial charge >= 0.3 is 0 Å². The van der Waals surface area contributed by atoms with Gasteiger partial charge in [0.25, 0.3) is 0 Å². The SMILES string of the molecule is CC(C)=CCCOc1cc(F)cc(F)c1N. The highest BCUT2D eigenvalue weighted by Gasteiger charge is 2.08. The molecule has 1 aromatic carbocycles. The lowest BCUT2D eigenvalue weighted by molar-refractivity contribution is 0.323. The molecule has 0 unspecified atom stereocenters. The van der Waals surface area contributed by atoms with Crippen LogP contribution in [0.2, 0.25) is 0 Å². The minimum atomic E-state index is -0.794. The first-order valence-electron chi connectivity index (χ1n) is 5.01. The number of allylic oxidation sites excluding steroid dienone is 1. The summed E-state index contributed by atoms with van der Waals surface area (Å²) in [6, 6.07) is 1.82. The average molecular weight is 227 g/mol. The van der Waals surface area contributed by atoms with Gasteiger partial charge in [0.1, 0.15) is 17.3 Å². The average Bonchev–Trinajstić information content (AvgIpc) is 2.19. The molecule has 16 heavy (non-hydrogen) atoms. The molecule has 0 spiro atoms. The summed E-state index contributed by atoms with van der Waals surface area (Å²) in [5.41, 5.74) is 6.43. The van der Waals surface area contributed by atoms with E-state index in [1.165, 1.54) is 5.57 Å². The Morgan fingerprint density at radius 2 is 2.06 bits per heavy atom. The zero-order valence-electron chi connectivity index (χ0n) is 9.39. The molecule has 0 heterocycles. The second kappa shape index (κ2) is 5.49. The van der Waals surface area contributed by atoms with E-state index in [1.54, 1.807) is 0 Å². The topological polar surface area (TPSA) is 35.2 Å². The Morgan fingerprint density at radius 1 is 1.38 bits per heavy atom. The molecule has 0 aromatic heterocycles. The number of benzene rings is 1. The van der Waals surface area contributed by atoms with Gasteiger partial charge in [0.05, 0.1) is 6.61 Å². The molecule has 0 amide bonds. The van der Waals surface area contributed by atoms with E-state index in [9.17, 15) is 8.78 Å². The van der Waals surface area contributed by atoms with Crippen molar-refractivity contribution in [3.63, 3.8) is 0 Å². The summed E-state index contributed by atoms with van der Waals surface area (Å²) >= 11 is 0. The van der Waals surface area contributed by atoms with Gasteiger partial charge in [-0.1, -0.05) is 11.6 Å². The fourth-order valence-corrected chi connectivity index (χ4v) is 1.20. The van der Waals surface area contributed by atoms with Crippen molar-refractivity contribution in [3.8, 4) is 5.75 Å². The molecule has 0 atom stereocenters. The molecule has 0 aliphatic rings. The molecular weight excluding hydrogens is 212 g/mol. The van der Waals surface area contributed by atoms with Gasteiger partial charge in [-0.15, -0.1) is 0 Å². The Kier molecular flexibility index (Phi) is 4.28. The van der Waals surface area contributed by atoms with Gasteiger partial charge in [0.15, 0.2) is 5.82 Å². The lowest BCUT2D eigenvalue weighted by Gasteiger charge is -2.08. The van der Waals surface area contributed by atoms with Gasteiger partial charge < -0.3 is 10.5 Å². The number of hydrogen-bond donors (Lipinski definition) is 1. The maximum absolute atomic E-state index is 13.0. The van der Waals surface area contributed by atoms with Crippen LogP contribution in [0.3, 0.4) is 0 Å². The highest BCUT2D eigenvalue weighted by Crippen LogP contribution is 2.25. The van der Waals surface area contributed by atoms with E-state index in [-0.39, 0.29) is 11.4 Å². The summed E-state index contributed by atoms with van der Waals surface area (Å²) in [5.74, 6) is -1.43. The maximum Gasteiger partial charge on any atom is 0.152 e. The third kappa shape index (κ3) is 3.53. The minimum absolute atomic E-state index is 0.0552. The van der Waals surface area contributed by atoms with Crippen molar-refractivity contribution in [2.24, 2.45) is 0 Å². The summed E-state index contributed by atoms with van der Waals surface area (Å²) in [6.45, 7) is 4.28. The first-order chi connectivity index (χ1) is 7.50. The summed E-state index contributed by atoms with van der Waals surface area (Å²) in [7, 11) is 0. The molecule has 1 aromatic rings. The number of ether oxygens (including phenoxy) is 1. The fourth-order valence-electron chi connectivity index (χ4n) is 1.20. The normalized spacial score (nSPS) is 10.0. The number of anilines is 1. The van der Waals surface area contributed by atoms with Crippen LogP contribution in [0.5, 0.6) is 5.75 Å². The molecule has 2 nitrogen and oxygen atoms in total. The molecule has 0 fully saturated rings. The van der Waals surface area contributed by atoms with E-state index < -0.39 is 11.6 Å². The Bertz CT molecular complexity index is 398. The van der Waals surface area contributed by atoms with Gasteiger partial charge in [-0.05, 0) is 20.3 Å². The van der Waals surface area contributed by atoms with Crippen LogP contribution in [-0.2, 0) is 0 Å². The monoisotopic (exact) mass is 227 g/mol. The summed E-state index contributed by atoms with van der Waals surface area (Å²) in [4.78, 5) is 0. The van der Waals surface area contributed by atoms with E-state index in [0.717, 1.165) is 12.1 Å². The number of hydrogen-bond acceptors (Lipinski definition) is 2. The number of nitrogen functional groups attached to an aromatic ring is 1. The van der Waals surface area contributed by atoms with Crippen molar-refractivity contribution >= 4 is 5.69 Å². The largest absolute Gasteiger partial charge is 0.491 e. The van der Waals surface area contributed by atoms with Crippen molar-refractivity contribution in [2.75, 3.05) is 12.3 Å². The molecule has 4 heteroatoms. The molecule has 0 saturated heterocycles. The van der Waals surface area contributed by atoms with Crippen molar-refractivity contribution in [1.82, 2.24) is 0 Å². The highest BCUT2D eigenvalue weighted by molar-refractivity contribution is 5.53. The zero-order valence-corrected chi connectivity index (χ0v) is 9.39. The molecule has 0 bridgehead atoms. The van der Waals surface area contributed by atoms with Crippen LogP contribution < -0.4 is 10.5 Å². The predicted octanol–water partition coefficient (Wildman–Crippen LogP) is 3.28. The van der Waals surface area contributed by atoms with Crippen LogP contribution in [0.1, 0.15) is 20.3 Å². The third-order valence-electron chi connectivity index (χ3n) is 1.98.